The Kier molecular flexibility index (Phi) is 6.80. The third kappa shape index (κ3) is 9.49. The van der Waals surface area contributed by atoms with Crippen LogP contribution in [0.1, 0.15) is 13.8 Å². The average molecular weight is 206 g/mol. The molecule has 1 amide bonds. The van der Waals surface area contributed by atoms with Gasteiger partial charge in [-0.1, -0.05) is 13.8 Å². The van der Waals surface area contributed by atoms with E-state index in [0.29, 0.717) is 24.9 Å². The van der Waals surface area contributed by atoms with E-state index in [9.17, 15) is 9.00 Å². The average Bonchev–Trinajstić information content (AvgIpc) is 2.00. The second-order valence-corrected chi connectivity index (χ2v) is 4.72. The lowest BCUT2D eigenvalue weighted by molar-refractivity contribution is -0.120. The molecule has 5 heteroatoms. The van der Waals surface area contributed by atoms with E-state index in [4.69, 9.17) is 0 Å². The van der Waals surface area contributed by atoms with Crippen LogP contribution in [0.2, 0.25) is 0 Å². The molecule has 78 valence electrons. The Balaban J connectivity index is 3.35. The lowest BCUT2D eigenvalue weighted by Crippen LogP contribution is -2.38. The summed E-state index contributed by atoms with van der Waals surface area (Å²) >= 11 is 0. The van der Waals surface area contributed by atoms with Crippen LogP contribution in [-0.2, 0) is 15.6 Å². The molecular formula is C8H18N2O2S. The number of hydrogen-bond donors (Lipinski definition) is 2. The smallest absolute Gasteiger partial charge is 0.233 e. The van der Waals surface area contributed by atoms with Crippen molar-refractivity contribution in [2.24, 2.45) is 0 Å². The van der Waals surface area contributed by atoms with Crippen LogP contribution >= 0.6 is 0 Å². The maximum Gasteiger partial charge on any atom is 0.233 e. The number of amides is 1. The molecule has 0 saturated carbocycles. The molecule has 0 aliphatic rings. The zero-order valence-electron chi connectivity index (χ0n) is 8.42. The van der Waals surface area contributed by atoms with Crippen molar-refractivity contribution < 1.29 is 9.00 Å². The second kappa shape index (κ2) is 7.03. The van der Waals surface area contributed by atoms with Crippen LogP contribution < -0.4 is 10.6 Å². The highest BCUT2D eigenvalue weighted by Crippen LogP contribution is 1.76. The Hall–Kier alpha value is -0.420. The monoisotopic (exact) mass is 206 g/mol. The lowest BCUT2D eigenvalue weighted by Gasteiger charge is -2.07. The van der Waals surface area contributed by atoms with E-state index in [1.54, 1.807) is 6.26 Å². The molecule has 0 aromatic carbocycles. The molecule has 1 unspecified atom stereocenters. The quantitative estimate of drug-likeness (QED) is 0.615. The summed E-state index contributed by atoms with van der Waals surface area (Å²) in [7, 11) is -0.830. The second-order valence-electron chi connectivity index (χ2n) is 3.16. The van der Waals surface area contributed by atoms with Gasteiger partial charge in [-0.15, -0.1) is 0 Å². The SMILES string of the molecule is CC(C)NCC(=O)NCCS(C)=O. The summed E-state index contributed by atoms with van der Waals surface area (Å²) in [5.74, 6) is 0.479. The first kappa shape index (κ1) is 12.6. The Morgan fingerprint density at radius 1 is 1.46 bits per heavy atom. The van der Waals surface area contributed by atoms with Gasteiger partial charge in [0.25, 0.3) is 0 Å². The van der Waals surface area contributed by atoms with Gasteiger partial charge >= 0.3 is 0 Å². The standard InChI is InChI=1S/C8H18N2O2S/c1-7(2)10-6-8(11)9-4-5-13(3)12/h7,10H,4-6H2,1-3H3,(H,9,11). The highest BCUT2D eigenvalue weighted by molar-refractivity contribution is 7.84. The summed E-state index contributed by atoms with van der Waals surface area (Å²) in [6.07, 6.45) is 1.62. The molecular weight excluding hydrogens is 188 g/mol. The van der Waals surface area contributed by atoms with Crippen molar-refractivity contribution in [3.05, 3.63) is 0 Å². The Labute approximate surface area is 81.9 Å². The molecule has 0 heterocycles. The summed E-state index contributed by atoms with van der Waals surface area (Å²) in [6.45, 7) is 4.78. The van der Waals surface area contributed by atoms with Crippen molar-refractivity contribution in [1.29, 1.82) is 0 Å². The van der Waals surface area contributed by atoms with Gasteiger partial charge in [-0.2, -0.15) is 0 Å². The van der Waals surface area contributed by atoms with Crippen LogP contribution in [0.15, 0.2) is 0 Å². The van der Waals surface area contributed by atoms with Crippen molar-refractivity contribution in [3.63, 3.8) is 0 Å². The molecule has 2 N–H and O–H groups in total. The zero-order valence-corrected chi connectivity index (χ0v) is 9.24. The van der Waals surface area contributed by atoms with E-state index in [1.165, 1.54) is 0 Å². The molecule has 0 radical (unpaired) electrons. The summed E-state index contributed by atoms with van der Waals surface area (Å²) in [5, 5.41) is 5.67. The Morgan fingerprint density at radius 2 is 2.08 bits per heavy atom. The zero-order chi connectivity index (χ0) is 10.3. The van der Waals surface area contributed by atoms with E-state index < -0.39 is 10.8 Å². The fourth-order valence-electron chi connectivity index (χ4n) is 0.694. The van der Waals surface area contributed by atoms with Crippen molar-refractivity contribution >= 4 is 16.7 Å². The lowest BCUT2D eigenvalue weighted by atomic mass is 10.4. The fourth-order valence-corrected chi connectivity index (χ4v) is 1.08. The first-order valence-corrected chi connectivity index (χ1v) is 6.05. The number of rotatable bonds is 6. The molecule has 0 saturated heterocycles. The molecule has 0 aromatic rings. The predicted octanol–water partition coefficient (Wildman–Crippen LogP) is -0.521. The minimum Gasteiger partial charge on any atom is -0.354 e. The molecule has 0 aliphatic carbocycles. The van der Waals surface area contributed by atoms with Gasteiger partial charge in [0.15, 0.2) is 0 Å². The van der Waals surface area contributed by atoms with E-state index in [2.05, 4.69) is 10.6 Å². The Bertz CT molecular complexity index is 183. The fraction of sp³-hybridized carbons (Fsp3) is 0.875. The van der Waals surface area contributed by atoms with Crippen molar-refractivity contribution in [2.75, 3.05) is 25.1 Å². The maximum atomic E-state index is 11.1. The molecule has 0 aliphatic heterocycles. The molecule has 0 spiro atoms. The first-order chi connectivity index (χ1) is 6.02. The van der Waals surface area contributed by atoms with Crippen molar-refractivity contribution in [1.82, 2.24) is 10.6 Å². The van der Waals surface area contributed by atoms with Crippen LogP contribution in [0.5, 0.6) is 0 Å². The highest BCUT2D eigenvalue weighted by atomic mass is 32.2. The van der Waals surface area contributed by atoms with Crippen LogP contribution in [0.3, 0.4) is 0 Å². The van der Waals surface area contributed by atoms with Gasteiger partial charge < -0.3 is 10.6 Å². The molecule has 4 nitrogen and oxygen atoms in total. The third-order valence-electron chi connectivity index (χ3n) is 1.38. The molecule has 0 aromatic heterocycles. The number of nitrogens with one attached hydrogen (secondary N) is 2. The predicted molar refractivity (Wildman–Crippen MR) is 55.1 cm³/mol. The van der Waals surface area contributed by atoms with Gasteiger partial charge in [0.05, 0.1) is 6.54 Å². The van der Waals surface area contributed by atoms with E-state index in [-0.39, 0.29) is 5.91 Å². The summed E-state index contributed by atoms with van der Waals surface area (Å²) in [5.41, 5.74) is 0. The van der Waals surface area contributed by atoms with Crippen LogP contribution in [-0.4, -0.2) is 41.3 Å². The molecule has 0 rings (SSSR count). The minimum atomic E-state index is -0.830. The van der Waals surface area contributed by atoms with Gasteiger partial charge in [0, 0.05) is 35.4 Å². The largest absolute Gasteiger partial charge is 0.354 e. The summed E-state index contributed by atoms with van der Waals surface area (Å²) < 4.78 is 10.6. The van der Waals surface area contributed by atoms with Gasteiger partial charge in [-0.25, -0.2) is 0 Å². The van der Waals surface area contributed by atoms with E-state index >= 15 is 0 Å². The molecule has 0 fully saturated rings. The van der Waals surface area contributed by atoms with Gasteiger partial charge in [-0.05, 0) is 0 Å². The highest BCUT2D eigenvalue weighted by Gasteiger charge is 2.01. The number of carbonyl (C=O) groups excluding carboxylic acids is 1. The Morgan fingerprint density at radius 3 is 2.54 bits per heavy atom. The summed E-state index contributed by atoms with van der Waals surface area (Å²) in [4.78, 5) is 11.1. The minimum absolute atomic E-state index is 0.0425. The maximum absolute atomic E-state index is 11.1. The van der Waals surface area contributed by atoms with Crippen LogP contribution in [0.4, 0.5) is 0 Å². The van der Waals surface area contributed by atoms with Crippen molar-refractivity contribution in [3.8, 4) is 0 Å². The van der Waals surface area contributed by atoms with E-state index in [1.807, 2.05) is 13.8 Å². The van der Waals surface area contributed by atoms with Gasteiger partial charge in [-0.3, -0.25) is 9.00 Å². The topological polar surface area (TPSA) is 58.2 Å². The normalized spacial score (nSPS) is 12.9. The van der Waals surface area contributed by atoms with Crippen LogP contribution in [0, 0.1) is 0 Å². The van der Waals surface area contributed by atoms with Crippen molar-refractivity contribution in [2.45, 2.75) is 19.9 Å². The van der Waals surface area contributed by atoms with Gasteiger partial charge in [0.1, 0.15) is 0 Å². The van der Waals surface area contributed by atoms with E-state index in [0.717, 1.165) is 0 Å². The first-order valence-electron chi connectivity index (χ1n) is 4.32. The van der Waals surface area contributed by atoms with Gasteiger partial charge in [0.2, 0.25) is 5.91 Å². The van der Waals surface area contributed by atoms with Crippen LogP contribution in [0.25, 0.3) is 0 Å². The summed E-state index contributed by atoms with van der Waals surface area (Å²) in [6, 6.07) is 0.311. The molecule has 13 heavy (non-hydrogen) atoms. The number of carbonyl (C=O) groups is 1. The number of hydrogen-bond acceptors (Lipinski definition) is 3. The molecule has 1 atom stereocenters. The third-order valence-corrected chi connectivity index (χ3v) is 2.16. The molecule has 0 bridgehead atoms.